The Kier molecular flexibility index (Phi) is 4.70. The van der Waals surface area contributed by atoms with E-state index >= 15 is 0 Å². The number of ether oxygens (including phenoxy) is 3. The van der Waals surface area contributed by atoms with E-state index in [4.69, 9.17) is 19.3 Å². The van der Waals surface area contributed by atoms with Gasteiger partial charge in [-0.2, -0.15) is 0 Å². The highest BCUT2D eigenvalue weighted by molar-refractivity contribution is 7.12. The summed E-state index contributed by atoms with van der Waals surface area (Å²) < 4.78 is 16.3. The van der Waals surface area contributed by atoms with Crippen LogP contribution in [0.1, 0.15) is 20.8 Å². The smallest absolute Gasteiger partial charge is 0.346 e. The van der Waals surface area contributed by atoms with Crippen molar-refractivity contribution in [3.8, 4) is 17.2 Å². The van der Waals surface area contributed by atoms with Crippen molar-refractivity contribution >= 4 is 17.3 Å². The summed E-state index contributed by atoms with van der Waals surface area (Å²) in [5.74, 6) is 0.623. The summed E-state index contributed by atoms with van der Waals surface area (Å²) in [6.45, 7) is 2.07. The molecule has 1 aromatic carbocycles. The average molecular weight is 308 g/mol. The molecule has 21 heavy (non-hydrogen) atoms. The van der Waals surface area contributed by atoms with Gasteiger partial charge in [-0.15, -0.1) is 11.3 Å². The summed E-state index contributed by atoms with van der Waals surface area (Å²) in [4.78, 5) is 11.4. The highest BCUT2D eigenvalue weighted by Gasteiger charge is 2.16. The predicted octanol–water partition coefficient (Wildman–Crippen LogP) is 3.35. The molecule has 1 aromatic heterocycles. The molecule has 5 nitrogen and oxygen atoms in total. The summed E-state index contributed by atoms with van der Waals surface area (Å²) in [7, 11) is 3.10. The lowest BCUT2D eigenvalue weighted by Crippen LogP contribution is -2.04. The van der Waals surface area contributed by atoms with Gasteiger partial charge in [0, 0.05) is 5.56 Å². The van der Waals surface area contributed by atoms with Crippen LogP contribution in [-0.2, 0) is 6.61 Å². The van der Waals surface area contributed by atoms with Crippen LogP contribution in [0, 0.1) is 6.92 Å². The van der Waals surface area contributed by atoms with Gasteiger partial charge in [0.2, 0.25) is 5.75 Å². The lowest BCUT2D eigenvalue weighted by atomic mass is 10.2. The molecule has 2 rings (SSSR count). The van der Waals surface area contributed by atoms with Crippen molar-refractivity contribution in [1.82, 2.24) is 0 Å². The second-order valence-corrected chi connectivity index (χ2v) is 5.28. The lowest BCUT2D eigenvalue weighted by Gasteiger charge is -2.15. The van der Waals surface area contributed by atoms with Crippen molar-refractivity contribution in [1.29, 1.82) is 0 Å². The van der Waals surface area contributed by atoms with Gasteiger partial charge in [-0.25, -0.2) is 4.79 Å². The molecular weight excluding hydrogens is 292 g/mol. The van der Waals surface area contributed by atoms with Gasteiger partial charge in [0.25, 0.3) is 0 Å². The van der Waals surface area contributed by atoms with E-state index in [-0.39, 0.29) is 11.5 Å². The summed E-state index contributed by atoms with van der Waals surface area (Å²) >= 11 is 1.17. The highest BCUT2D eigenvalue weighted by atomic mass is 32.1. The first-order chi connectivity index (χ1) is 10.1. The van der Waals surface area contributed by atoms with Crippen LogP contribution in [0.4, 0.5) is 0 Å². The Morgan fingerprint density at radius 3 is 2.38 bits per heavy atom. The third-order valence-electron chi connectivity index (χ3n) is 2.92. The minimum absolute atomic E-state index is 0.140. The average Bonchev–Trinajstić information content (AvgIpc) is 2.93. The zero-order chi connectivity index (χ0) is 15.4. The first kappa shape index (κ1) is 15.2. The van der Waals surface area contributed by atoms with E-state index in [0.29, 0.717) is 22.8 Å². The van der Waals surface area contributed by atoms with Crippen LogP contribution >= 0.6 is 11.3 Å². The fourth-order valence-corrected chi connectivity index (χ4v) is 2.69. The van der Waals surface area contributed by atoms with E-state index < -0.39 is 5.97 Å². The molecule has 112 valence electrons. The third-order valence-corrected chi connectivity index (χ3v) is 3.86. The maximum atomic E-state index is 11.1. The Morgan fingerprint density at radius 1 is 1.24 bits per heavy atom. The van der Waals surface area contributed by atoms with Crippen LogP contribution < -0.4 is 14.2 Å². The van der Waals surface area contributed by atoms with Crippen molar-refractivity contribution in [2.75, 3.05) is 14.2 Å². The van der Waals surface area contributed by atoms with Crippen LogP contribution in [0.15, 0.2) is 23.6 Å². The molecule has 0 atom stereocenters. The third kappa shape index (κ3) is 3.28. The first-order valence-electron chi connectivity index (χ1n) is 6.22. The second-order valence-electron chi connectivity index (χ2n) is 4.37. The van der Waals surface area contributed by atoms with Crippen molar-refractivity contribution in [2.45, 2.75) is 13.5 Å². The zero-order valence-corrected chi connectivity index (χ0v) is 12.8. The maximum Gasteiger partial charge on any atom is 0.346 e. The molecule has 0 saturated carbocycles. The summed E-state index contributed by atoms with van der Waals surface area (Å²) in [6, 6.07) is 5.41. The Morgan fingerprint density at radius 2 is 1.86 bits per heavy atom. The number of thiophene rings is 1. The molecule has 0 unspecified atom stereocenters. The molecular formula is C15H16O5S. The van der Waals surface area contributed by atoms with Gasteiger partial charge >= 0.3 is 5.97 Å². The minimum Gasteiger partial charge on any atom is -0.493 e. The molecule has 0 aliphatic heterocycles. The SMILES string of the molecule is COc1cc(C)cc(OC)c1OCc1ccsc1C(=O)O. The Bertz CT molecular complexity index is 622. The molecule has 0 fully saturated rings. The molecule has 1 N–H and O–H groups in total. The van der Waals surface area contributed by atoms with E-state index in [1.165, 1.54) is 11.3 Å². The molecule has 6 heteroatoms. The number of carboxylic acid groups (broad SMARTS) is 1. The van der Waals surface area contributed by atoms with Crippen LogP contribution in [-0.4, -0.2) is 25.3 Å². The van der Waals surface area contributed by atoms with Gasteiger partial charge in [-0.3, -0.25) is 0 Å². The molecule has 0 spiro atoms. The van der Waals surface area contributed by atoms with Crippen molar-refractivity contribution in [3.05, 3.63) is 39.6 Å². The molecule has 0 amide bonds. The molecule has 1 heterocycles. The number of carbonyl (C=O) groups is 1. The van der Waals surface area contributed by atoms with Crippen molar-refractivity contribution < 1.29 is 24.1 Å². The molecule has 0 aliphatic carbocycles. The van der Waals surface area contributed by atoms with E-state index in [2.05, 4.69) is 0 Å². The Hall–Kier alpha value is -2.21. The zero-order valence-electron chi connectivity index (χ0n) is 12.0. The van der Waals surface area contributed by atoms with Gasteiger partial charge in [0.15, 0.2) is 11.5 Å². The van der Waals surface area contributed by atoms with E-state index in [0.717, 1.165) is 5.56 Å². The van der Waals surface area contributed by atoms with Crippen molar-refractivity contribution in [2.24, 2.45) is 0 Å². The van der Waals surface area contributed by atoms with Gasteiger partial charge in [-0.1, -0.05) is 0 Å². The number of hydrogen-bond donors (Lipinski definition) is 1. The second kappa shape index (κ2) is 6.49. The number of aryl methyl sites for hydroxylation is 1. The lowest BCUT2D eigenvalue weighted by molar-refractivity contribution is 0.0699. The predicted molar refractivity (Wildman–Crippen MR) is 79.9 cm³/mol. The van der Waals surface area contributed by atoms with Crippen LogP contribution in [0.25, 0.3) is 0 Å². The topological polar surface area (TPSA) is 65.0 Å². The largest absolute Gasteiger partial charge is 0.493 e. The quantitative estimate of drug-likeness (QED) is 0.886. The van der Waals surface area contributed by atoms with Crippen LogP contribution in [0.3, 0.4) is 0 Å². The van der Waals surface area contributed by atoms with Crippen molar-refractivity contribution in [3.63, 3.8) is 0 Å². The van der Waals surface area contributed by atoms with E-state index in [1.54, 1.807) is 25.7 Å². The van der Waals surface area contributed by atoms with Crippen LogP contribution in [0.5, 0.6) is 17.2 Å². The number of aromatic carboxylic acids is 1. The fraction of sp³-hybridized carbons (Fsp3) is 0.267. The molecule has 0 aliphatic rings. The molecule has 0 saturated heterocycles. The highest BCUT2D eigenvalue weighted by Crippen LogP contribution is 2.39. The van der Waals surface area contributed by atoms with Gasteiger partial charge in [0.1, 0.15) is 11.5 Å². The van der Waals surface area contributed by atoms with E-state index in [1.807, 2.05) is 19.1 Å². The maximum absolute atomic E-state index is 11.1. The standard InChI is InChI=1S/C15H16O5S/c1-9-6-11(18-2)13(12(7-9)19-3)20-8-10-4-5-21-14(10)15(16)17/h4-7H,8H2,1-3H3,(H,16,17). The van der Waals surface area contributed by atoms with E-state index in [9.17, 15) is 4.79 Å². The Labute approximate surface area is 126 Å². The first-order valence-corrected chi connectivity index (χ1v) is 7.10. The fourth-order valence-electron chi connectivity index (χ4n) is 1.94. The monoisotopic (exact) mass is 308 g/mol. The number of methoxy groups -OCH3 is 2. The number of hydrogen-bond acceptors (Lipinski definition) is 5. The van der Waals surface area contributed by atoms with Gasteiger partial charge < -0.3 is 19.3 Å². The summed E-state index contributed by atoms with van der Waals surface area (Å²) in [5.41, 5.74) is 1.61. The summed E-state index contributed by atoms with van der Waals surface area (Å²) in [5, 5.41) is 10.8. The molecule has 0 radical (unpaired) electrons. The van der Waals surface area contributed by atoms with Crippen LogP contribution in [0.2, 0.25) is 0 Å². The number of carboxylic acids is 1. The Balaban J connectivity index is 2.27. The normalized spacial score (nSPS) is 10.2. The minimum atomic E-state index is -0.952. The number of rotatable bonds is 6. The van der Waals surface area contributed by atoms with Gasteiger partial charge in [0.05, 0.1) is 14.2 Å². The molecule has 2 aromatic rings. The van der Waals surface area contributed by atoms with Gasteiger partial charge in [-0.05, 0) is 36.1 Å². The summed E-state index contributed by atoms with van der Waals surface area (Å²) in [6.07, 6.45) is 0. The molecule has 0 bridgehead atoms. The number of benzene rings is 1.